The van der Waals surface area contributed by atoms with Gasteiger partial charge in [-0.1, -0.05) is 44.4 Å². The zero-order chi connectivity index (χ0) is 16.4. The Morgan fingerprint density at radius 1 is 1.32 bits per heavy atom. The number of rotatable bonds is 11. The van der Waals surface area contributed by atoms with Crippen molar-refractivity contribution in [3.8, 4) is 0 Å². The molecule has 0 aromatic heterocycles. The van der Waals surface area contributed by atoms with Crippen LogP contribution in [0.5, 0.6) is 0 Å². The Hall–Kier alpha value is -1.42. The number of ketones is 1. The number of carbonyl (C=O) groups excluding carboxylic acids is 1. The zero-order valence-corrected chi connectivity index (χ0v) is 13.4. The van der Waals surface area contributed by atoms with E-state index in [2.05, 4.69) is 6.92 Å². The van der Waals surface area contributed by atoms with Crippen LogP contribution in [-0.4, -0.2) is 28.1 Å². The summed E-state index contributed by atoms with van der Waals surface area (Å²) in [6.07, 6.45) is 13.0. The van der Waals surface area contributed by atoms with Crippen LogP contribution in [0.15, 0.2) is 24.3 Å². The number of carbonyl (C=O) groups is 2. The van der Waals surface area contributed by atoms with Crippen molar-refractivity contribution in [2.24, 2.45) is 11.8 Å². The molecule has 0 aromatic carbocycles. The van der Waals surface area contributed by atoms with E-state index in [0.717, 1.165) is 25.7 Å². The van der Waals surface area contributed by atoms with Crippen LogP contribution in [0.4, 0.5) is 0 Å². The van der Waals surface area contributed by atoms with Gasteiger partial charge in [-0.3, -0.25) is 9.59 Å². The lowest BCUT2D eigenvalue weighted by molar-refractivity contribution is -0.137. The van der Waals surface area contributed by atoms with Crippen molar-refractivity contribution in [1.82, 2.24) is 0 Å². The molecule has 0 amide bonds. The SMILES string of the molecule is CCCCC[C@H]1C(=O)C=C[C@H]1/C=C/[C@H](O)CCCCC(=O)O. The van der Waals surface area contributed by atoms with Crippen molar-refractivity contribution in [1.29, 1.82) is 0 Å². The minimum atomic E-state index is -0.797. The van der Waals surface area contributed by atoms with Gasteiger partial charge in [-0.05, 0) is 31.8 Å². The topological polar surface area (TPSA) is 74.6 Å². The summed E-state index contributed by atoms with van der Waals surface area (Å²) < 4.78 is 0. The highest BCUT2D eigenvalue weighted by atomic mass is 16.4. The number of aliphatic carboxylic acids is 1. The average molecular weight is 308 g/mol. The van der Waals surface area contributed by atoms with Crippen LogP contribution in [0.1, 0.15) is 58.3 Å². The lowest BCUT2D eigenvalue weighted by atomic mass is 9.89. The molecule has 0 fully saturated rings. The number of carboxylic acid groups (broad SMARTS) is 1. The fourth-order valence-corrected chi connectivity index (χ4v) is 2.78. The number of carboxylic acids is 1. The van der Waals surface area contributed by atoms with Gasteiger partial charge in [0.2, 0.25) is 0 Å². The van der Waals surface area contributed by atoms with Gasteiger partial charge < -0.3 is 10.2 Å². The standard InChI is InChI=1S/C18H28O4/c1-2-3-4-8-16-14(11-13-17(16)20)10-12-15(19)7-5-6-9-18(21)22/h10-16,19H,2-9H2,1H3,(H,21,22)/b12-10+/t14-,15-,16-/m1/s1. The molecule has 4 nitrogen and oxygen atoms in total. The van der Waals surface area contributed by atoms with Gasteiger partial charge in [0.1, 0.15) is 0 Å². The summed E-state index contributed by atoms with van der Waals surface area (Å²) in [7, 11) is 0. The maximum atomic E-state index is 11.9. The highest BCUT2D eigenvalue weighted by molar-refractivity contribution is 5.94. The van der Waals surface area contributed by atoms with E-state index in [1.54, 1.807) is 12.2 Å². The van der Waals surface area contributed by atoms with E-state index >= 15 is 0 Å². The second kappa shape index (κ2) is 10.3. The summed E-state index contributed by atoms with van der Waals surface area (Å²) in [5.74, 6) is -0.476. The summed E-state index contributed by atoms with van der Waals surface area (Å²) in [5, 5.41) is 18.5. The number of aliphatic hydroxyl groups is 1. The van der Waals surface area contributed by atoms with E-state index in [1.807, 2.05) is 12.2 Å². The molecule has 1 aliphatic rings. The smallest absolute Gasteiger partial charge is 0.303 e. The first-order chi connectivity index (χ1) is 10.5. The molecule has 1 rings (SSSR count). The number of unbranched alkanes of at least 4 members (excludes halogenated alkanes) is 3. The number of hydrogen-bond acceptors (Lipinski definition) is 3. The van der Waals surface area contributed by atoms with Gasteiger partial charge >= 0.3 is 5.97 Å². The van der Waals surface area contributed by atoms with Crippen molar-refractivity contribution in [2.75, 3.05) is 0 Å². The summed E-state index contributed by atoms with van der Waals surface area (Å²) in [6.45, 7) is 2.15. The van der Waals surface area contributed by atoms with E-state index < -0.39 is 12.1 Å². The molecule has 124 valence electrons. The number of hydrogen-bond donors (Lipinski definition) is 2. The van der Waals surface area contributed by atoms with E-state index in [4.69, 9.17) is 5.11 Å². The Morgan fingerprint density at radius 2 is 2.09 bits per heavy atom. The third-order valence-electron chi connectivity index (χ3n) is 4.13. The summed E-state index contributed by atoms with van der Waals surface area (Å²) in [5.41, 5.74) is 0. The van der Waals surface area contributed by atoms with Crippen molar-refractivity contribution >= 4 is 11.8 Å². The molecule has 0 aliphatic heterocycles. The highest BCUT2D eigenvalue weighted by Gasteiger charge is 2.27. The number of aliphatic hydroxyl groups excluding tert-OH is 1. The fourth-order valence-electron chi connectivity index (χ4n) is 2.78. The van der Waals surface area contributed by atoms with Crippen LogP contribution in [0.3, 0.4) is 0 Å². The molecule has 0 saturated carbocycles. The third kappa shape index (κ3) is 7.03. The normalized spacial score (nSPS) is 22.5. The molecule has 2 N–H and O–H groups in total. The molecule has 1 aliphatic carbocycles. The summed E-state index contributed by atoms with van der Waals surface area (Å²) >= 11 is 0. The van der Waals surface area contributed by atoms with Gasteiger partial charge in [0.25, 0.3) is 0 Å². The first kappa shape index (κ1) is 18.6. The largest absolute Gasteiger partial charge is 0.481 e. The predicted molar refractivity (Wildman–Crippen MR) is 86.5 cm³/mol. The molecule has 0 aromatic rings. The van der Waals surface area contributed by atoms with Crippen molar-refractivity contribution in [2.45, 2.75) is 64.4 Å². The summed E-state index contributed by atoms with van der Waals surface area (Å²) in [6, 6.07) is 0. The zero-order valence-electron chi connectivity index (χ0n) is 13.4. The van der Waals surface area contributed by atoms with Crippen LogP contribution < -0.4 is 0 Å². The summed E-state index contributed by atoms with van der Waals surface area (Å²) in [4.78, 5) is 22.3. The molecule has 0 saturated heterocycles. The van der Waals surface area contributed by atoms with Crippen LogP contribution in [-0.2, 0) is 9.59 Å². The van der Waals surface area contributed by atoms with Crippen molar-refractivity contribution < 1.29 is 19.8 Å². The Kier molecular flexibility index (Phi) is 8.75. The molecule has 0 bridgehead atoms. The average Bonchev–Trinajstić information content (AvgIpc) is 2.82. The fraction of sp³-hybridized carbons (Fsp3) is 0.667. The molecule has 22 heavy (non-hydrogen) atoms. The monoisotopic (exact) mass is 308 g/mol. The molecular formula is C18H28O4. The maximum absolute atomic E-state index is 11.9. The lowest BCUT2D eigenvalue weighted by Crippen LogP contribution is -2.15. The van der Waals surface area contributed by atoms with Crippen LogP contribution >= 0.6 is 0 Å². The first-order valence-corrected chi connectivity index (χ1v) is 8.34. The molecule has 3 atom stereocenters. The van der Waals surface area contributed by atoms with Crippen LogP contribution in [0, 0.1) is 11.8 Å². The lowest BCUT2D eigenvalue weighted by Gasteiger charge is -2.15. The first-order valence-electron chi connectivity index (χ1n) is 8.34. The van der Waals surface area contributed by atoms with E-state index in [9.17, 15) is 14.7 Å². The highest BCUT2D eigenvalue weighted by Crippen LogP contribution is 2.28. The van der Waals surface area contributed by atoms with E-state index in [-0.39, 0.29) is 24.0 Å². The number of allylic oxidation sites excluding steroid dienone is 3. The van der Waals surface area contributed by atoms with Gasteiger partial charge in [0.05, 0.1) is 6.10 Å². The Balaban J connectivity index is 2.34. The minimum Gasteiger partial charge on any atom is -0.481 e. The van der Waals surface area contributed by atoms with E-state index in [1.165, 1.54) is 0 Å². The second-order valence-electron chi connectivity index (χ2n) is 6.03. The minimum absolute atomic E-state index is 0.0296. The van der Waals surface area contributed by atoms with Crippen LogP contribution in [0.25, 0.3) is 0 Å². The Morgan fingerprint density at radius 3 is 2.77 bits per heavy atom. The van der Waals surface area contributed by atoms with Gasteiger partial charge in [0, 0.05) is 18.3 Å². The Bertz CT molecular complexity index is 411. The van der Waals surface area contributed by atoms with Gasteiger partial charge in [-0.2, -0.15) is 0 Å². The maximum Gasteiger partial charge on any atom is 0.303 e. The molecule has 0 unspecified atom stereocenters. The van der Waals surface area contributed by atoms with Crippen molar-refractivity contribution in [3.05, 3.63) is 24.3 Å². The molecule has 4 heteroatoms. The van der Waals surface area contributed by atoms with Crippen LogP contribution in [0.2, 0.25) is 0 Å². The molecule has 0 radical (unpaired) electrons. The third-order valence-corrected chi connectivity index (χ3v) is 4.13. The molecule has 0 spiro atoms. The second-order valence-corrected chi connectivity index (χ2v) is 6.03. The van der Waals surface area contributed by atoms with Gasteiger partial charge in [0.15, 0.2) is 5.78 Å². The van der Waals surface area contributed by atoms with E-state index in [0.29, 0.717) is 19.3 Å². The quantitative estimate of drug-likeness (QED) is 0.452. The van der Waals surface area contributed by atoms with Crippen molar-refractivity contribution in [3.63, 3.8) is 0 Å². The molecule has 0 heterocycles. The van der Waals surface area contributed by atoms with Gasteiger partial charge in [-0.25, -0.2) is 0 Å². The predicted octanol–water partition coefficient (Wildman–Crippen LogP) is 3.50. The Labute approximate surface area is 132 Å². The molecular weight excluding hydrogens is 280 g/mol. The van der Waals surface area contributed by atoms with Gasteiger partial charge in [-0.15, -0.1) is 0 Å².